The van der Waals surface area contributed by atoms with Gasteiger partial charge in [0.1, 0.15) is 17.7 Å². The van der Waals surface area contributed by atoms with Crippen molar-refractivity contribution in [2.75, 3.05) is 6.54 Å². The first-order chi connectivity index (χ1) is 8.66. The maximum Gasteiger partial charge on any atom is 0.148 e. The van der Waals surface area contributed by atoms with Crippen LogP contribution in [0.5, 0.6) is 0 Å². The number of nitrogens with zero attached hydrogens (tertiary/aromatic N) is 3. The summed E-state index contributed by atoms with van der Waals surface area (Å²) >= 11 is 0. The Morgan fingerprint density at radius 3 is 3.17 bits per heavy atom. The van der Waals surface area contributed by atoms with E-state index >= 15 is 0 Å². The molecule has 1 saturated heterocycles. The van der Waals surface area contributed by atoms with Gasteiger partial charge in [-0.2, -0.15) is 0 Å². The number of nitrogens with two attached hydrogens (primary N) is 1. The highest BCUT2D eigenvalue weighted by atomic mass is 15.2. The van der Waals surface area contributed by atoms with Crippen molar-refractivity contribution in [2.24, 2.45) is 16.6 Å². The summed E-state index contributed by atoms with van der Waals surface area (Å²) in [5.41, 5.74) is 8.22. The Bertz CT molecular complexity index is 474. The number of aliphatic imine (C=N–C) groups is 1. The standard InChI is InChI=1S/C13H21N5/c1-8(2)6-18-7-16-10-11(18)9-4-3-5-15-13(9)17-12(10)14/h7-9,13,15H,3-6H2,1-2H3,(H2,14,17). The molecule has 1 aromatic rings. The van der Waals surface area contributed by atoms with E-state index in [1.165, 1.54) is 18.5 Å². The predicted molar refractivity (Wildman–Crippen MR) is 71.6 cm³/mol. The SMILES string of the molecule is CC(C)Cn1cnc2c1C1CCCNC1N=C2N. The molecule has 3 heterocycles. The minimum absolute atomic E-state index is 0.147. The summed E-state index contributed by atoms with van der Waals surface area (Å²) in [6.45, 7) is 6.48. The Balaban J connectivity index is 2.02. The van der Waals surface area contributed by atoms with Gasteiger partial charge in [-0.25, -0.2) is 9.98 Å². The van der Waals surface area contributed by atoms with E-state index in [0.29, 0.717) is 17.7 Å². The number of hydrogen-bond acceptors (Lipinski definition) is 4. The summed E-state index contributed by atoms with van der Waals surface area (Å²) in [6.07, 6.45) is 4.44. The zero-order valence-corrected chi connectivity index (χ0v) is 11.1. The van der Waals surface area contributed by atoms with Crippen LogP contribution in [0.4, 0.5) is 0 Å². The third-order valence-corrected chi connectivity index (χ3v) is 3.74. The Labute approximate surface area is 107 Å². The van der Waals surface area contributed by atoms with E-state index in [0.717, 1.165) is 18.8 Å². The average molecular weight is 247 g/mol. The van der Waals surface area contributed by atoms with Gasteiger partial charge in [0, 0.05) is 12.5 Å². The topological polar surface area (TPSA) is 68.2 Å². The summed E-state index contributed by atoms with van der Waals surface area (Å²) in [5.74, 6) is 1.63. The number of fused-ring (bicyclic) bond motifs is 3. The first-order valence-electron chi connectivity index (χ1n) is 6.79. The molecule has 98 valence electrons. The van der Waals surface area contributed by atoms with Crippen LogP contribution in [0, 0.1) is 5.92 Å². The molecule has 1 fully saturated rings. The lowest BCUT2D eigenvalue weighted by Gasteiger charge is -2.34. The molecular formula is C13H21N5. The van der Waals surface area contributed by atoms with Crippen molar-refractivity contribution in [2.45, 2.75) is 45.3 Å². The van der Waals surface area contributed by atoms with Crippen molar-refractivity contribution in [3.8, 4) is 0 Å². The average Bonchev–Trinajstić information content (AvgIpc) is 2.73. The van der Waals surface area contributed by atoms with E-state index in [9.17, 15) is 0 Å². The van der Waals surface area contributed by atoms with Crippen molar-refractivity contribution in [3.05, 3.63) is 17.7 Å². The van der Waals surface area contributed by atoms with Crippen molar-refractivity contribution in [1.82, 2.24) is 14.9 Å². The number of piperidine rings is 1. The van der Waals surface area contributed by atoms with Crippen LogP contribution in [0.15, 0.2) is 11.3 Å². The number of rotatable bonds is 2. The molecule has 2 unspecified atom stereocenters. The molecule has 0 amide bonds. The van der Waals surface area contributed by atoms with Crippen LogP contribution in [-0.4, -0.2) is 28.1 Å². The summed E-state index contributed by atoms with van der Waals surface area (Å²) in [5, 5.41) is 3.45. The summed E-state index contributed by atoms with van der Waals surface area (Å²) in [7, 11) is 0. The van der Waals surface area contributed by atoms with Gasteiger partial charge in [-0.1, -0.05) is 13.8 Å². The third-order valence-electron chi connectivity index (χ3n) is 3.74. The number of imidazole rings is 1. The summed E-state index contributed by atoms with van der Waals surface area (Å²) in [4.78, 5) is 9.01. The Kier molecular flexibility index (Phi) is 2.86. The second-order valence-electron chi connectivity index (χ2n) is 5.69. The highest BCUT2D eigenvalue weighted by molar-refractivity contribution is 5.98. The Morgan fingerprint density at radius 2 is 2.39 bits per heavy atom. The maximum absolute atomic E-state index is 6.03. The number of nitrogens with one attached hydrogen (secondary N) is 1. The Morgan fingerprint density at radius 1 is 1.56 bits per heavy atom. The van der Waals surface area contributed by atoms with Crippen molar-refractivity contribution in [1.29, 1.82) is 0 Å². The molecule has 3 N–H and O–H groups in total. The minimum Gasteiger partial charge on any atom is -0.382 e. The van der Waals surface area contributed by atoms with Gasteiger partial charge in [0.15, 0.2) is 0 Å². The van der Waals surface area contributed by atoms with Crippen LogP contribution in [0.1, 0.15) is 44.0 Å². The number of hydrogen-bond donors (Lipinski definition) is 2. The fourth-order valence-corrected chi connectivity index (χ4v) is 3.02. The van der Waals surface area contributed by atoms with Crippen LogP contribution in [0.25, 0.3) is 0 Å². The van der Waals surface area contributed by atoms with Crippen molar-refractivity contribution in [3.63, 3.8) is 0 Å². The summed E-state index contributed by atoms with van der Waals surface area (Å²) < 4.78 is 2.27. The first-order valence-corrected chi connectivity index (χ1v) is 6.79. The number of amidine groups is 1. The fraction of sp³-hybridized carbons (Fsp3) is 0.692. The van der Waals surface area contributed by atoms with Crippen LogP contribution >= 0.6 is 0 Å². The Hall–Kier alpha value is -1.36. The zero-order valence-electron chi connectivity index (χ0n) is 11.1. The van der Waals surface area contributed by atoms with Crippen LogP contribution in [-0.2, 0) is 6.54 Å². The molecule has 0 radical (unpaired) electrons. The van der Waals surface area contributed by atoms with Crippen LogP contribution < -0.4 is 11.1 Å². The van der Waals surface area contributed by atoms with E-state index in [1.807, 2.05) is 6.33 Å². The lowest BCUT2D eigenvalue weighted by atomic mass is 9.89. The van der Waals surface area contributed by atoms with E-state index < -0.39 is 0 Å². The second kappa shape index (κ2) is 4.39. The fourth-order valence-electron chi connectivity index (χ4n) is 3.02. The first kappa shape index (κ1) is 11.7. The second-order valence-corrected chi connectivity index (χ2v) is 5.69. The summed E-state index contributed by atoms with van der Waals surface area (Å²) in [6, 6.07) is 0. The van der Waals surface area contributed by atoms with Gasteiger partial charge in [-0.15, -0.1) is 0 Å². The third kappa shape index (κ3) is 1.82. The largest absolute Gasteiger partial charge is 0.382 e. The van der Waals surface area contributed by atoms with Gasteiger partial charge < -0.3 is 10.3 Å². The van der Waals surface area contributed by atoms with Gasteiger partial charge in [0.25, 0.3) is 0 Å². The molecule has 0 aliphatic carbocycles. The molecule has 0 saturated carbocycles. The van der Waals surface area contributed by atoms with Gasteiger partial charge >= 0.3 is 0 Å². The van der Waals surface area contributed by atoms with Gasteiger partial charge in [-0.05, 0) is 25.3 Å². The van der Waals surface area contributed by atoms with Crippen molar-refractivity contribution >= 4 is 5.84 Å². The normalized spacial score (nSPS) is 26.7. The minimum atomic E-state index is 0.147. The molecule has 2 aliphatic heterocycles. The maximum atomic E-state index is 6.03. The number of aromatic nitrogens is 2. The molecule has 0 spiro atoms. The quantitative estimate of drug-likeness (QED) is 0.821. The van der Waals surface area contributed by atoms with Crippen LogP contribution in [0.2, 0.25) is 0 Å². The molecule has 2 aliphatic rings. The lowest BCUT2D eigenvalue weighted by Crippen LogP contribution is -2.44. The van der Waals surface area contributed by atoms with E-state index in [-0.39, 0.29) is 6.17 Å². The molecule has 1 aromatic heterocycles. The molecule has 0 aromatic carbocycles. The van der Waals surface area contributed by atoms with Crippen molar-refractivity contribution < 1.29 is 0 Å². The molecule has 18 heavy (non-hydrogen) atoms. The van der Waals surface area contributed by atoms with E-state index in [4.69, 9.17) is 5.73 Å². The highest BCUT2D eigenvalue weighted by Gasteiger charge is 2.35. The highest BCUT2D eigenvalue weighted by Crippen LogP contribution is 2.34. The van der Waals surface area contributed by atoms with Crippen LogP contribution in [0.3, 0.4) is 0 Å². The predicted octanol–water partition coefficient (Wildman–Crippen LogP) is 1.05. The lowest BCUT2D eigenvalue weighted by molar-refractivity contribution is 0.338. The molecule has 3 rings (SSSR count). The van der Waals surface area contributed by atoms with E-state index in [2.05, 4.69) is 33.7 Å². The molecule has 0 bridgehead atoms. The van der Waals surface area contributed by atoms with E-state index in [1.54, 1.807) is 0 Å². The molecule has 2 atom stereocenters. The molecular weight excluding hydrogens is 226 g/mol. The zero-order chi connectivity index (χ0) is 12.7. The molecule has 5 nitrogen and oxygen atoms in total. The monoisotopic (exact) mass is 247 g/mol. The van der Waals surface area contributed by atoms with Gasteiger partial charge in [0.05, 0.1) is 12.0 Å². The van der Waals surface area contributed by atoms with Gasteiger partial charge in [-0.3, -0.25) is 5.32 Å². The van der Waals surface area contributed by atoms with Gasteiger partial charge in [0.2, 0.25) is 0 Å². The smallest absolute Gasteiger partial charge is 0.148 e. The molecule has 5 heteroatoms.